The predicted octanol–water partition coefficient (Wildman–Crippen LogP) is 3.92. The monoisotopic (exact) mass is 572 g/mol. The number of anilines is 1. The number of sulfonamides is 1. The van der Waals surface area contributed by atoms with Crippen LogP contribution >= 0.6 is 15.9 Å². The lowest BCUT2D eigenvalue weighted by molar-refractivity contribution is -0.148. The van der Waals surface area contributed by atoms with Gasteiger partial charge in [0.15, 0.2) is 0 Å². The largest absolute Gasteiger partial charge is 0.475 e. The summed E-state index contributed by atoms with van der Waals surface area (Å²) >= 11 is 3.38. The van der Waals surface area contributed by atoms with Crippen molar-refractivity contribution < 1.29 is 27.5 Å². The molecule has 1 aliphatic rings. The first-order chi connectivity index (χ1) is 17.2. The molecule has 8 nitrogen and oxygen atoms in total. The molecule has 0 fully saturated rings. The van der Waals surface area contributed by atoms with Crippen LogP contribution in [0.3, 0.4) is 0 Å². The van der Waals surface area contributed by atoms with Crippen molar-refractivity contribution in [2.75, 3.05) is 25.1 Å². The van der Waals surface area contributed by atoms with Crippen molar-refractivity contribution in [1.29, 1.82) is 0 Å². The fourth-order valence-corrected chi connectivity index (χ4v) is 5.48. The summed E-state index contributed by atoms with van der Waals surface area (Å²) in [7, 11) is -2.78. The van der Waals surface area contributed by atoms with Gasteiger partial charge in [-0.3, -0.25) is 4.79 Å². The number of halogens is 1. The Bertz CT molecular complexity index is 1360. The molecule has 0 unspecified atom stereocenters. The summed E-state index contributed by atoms with van der Waals surface area (Å²) < 4.78 is 39.8. The lowest BCUT2D eigenvalue weighted by atomic mass is 10.2. The molecule has 0 saturated heterocycles. The summed E-state index contributed by atoms with van der Waals surface area (Å²) in [6.45, 7) is 1.32. The van der Waals surface area contributed by atoms with Gasteiger partial charge in [-0.25, -0.2) is 13.2 Å². The smallest absolute Gasteiger partial charge is 0.348 e. The molecule has 1 aliphatic heterocycles. The fourth-order valence-electron chi connectivity index (χ4n) is 3.84. The van der Waals surface area contributed by atoms with Crippen molar-refractivity contribution in [3.05, 3.63) is 88.4 Å². The second-order valence-corrected chi connectivity index (χ2v) is 11.2. The first kappa shape index (κ1) is 25.9. The van der Waals surface area contributed by atoms with E-state index in [0.29, 0.717) is 11.4 Å². The Morgan fingerprint density at radius 2 is 1.72 bits per heavy atom. The zero-order chi connectivity index (χ0) is 25.9. The molecule has 1 atom stereocenters. The number of hydrogen-bond acceptors (Lipinski definition) is 6. The Morgan fingerprint density at radius 1 is 1.06 bits per heavy atom. The van der Waals surface area contributed by atoms with Crippen LogP contribution in [0.25, 0.3) is 0 Å². The van der Waals surface area contributed by atoms with Crippen molar-refractivity contribution in [3.63, 3.8) is 0 Å². The van der Waals surface area contributed by atoms with E-state index in [4.69, 9.17) is 9.47 Å². The lowest BCUT2D eigenvalue weighted by Gasteiger charge is -2.34. The molecule has 0 aliphatic carbocycles. The van der Waals surface area contributed by atoms with Gasteiger partial charge in [-0.15, -0.1) is 0 Å². The van der Waals surface area contributed by atoms with Gasteiger partial charge in [0.1, 0.15) is 5.75 Å². The SMILES string of the molecule is COC(=O)[C@@H]1CN(C(=O)CN(Cc2ccc(Br)cc2)S(=O)(=O)c2ccc(C)cc2)c2ccccc2O1. The zero-order valence-corrected chi connectivity index (χ0v) is 22.2. The van der Waals surface area contributed by atoms with Gasteiger partial charge in [0, 0.05) is 11.0 Å². The minimum Gasteiger partial charge on any atom is -0.475 e. The molecule has 4 rings (SSSR count). The van der Waals surface area contributed by atoms with Gasteiger partial charge in [-0.05, 0) is 48.9 Å². The third-order valence-electron chi connectivity index (χ3n) is 5.78. The van der Waals surface area contributed by atoms with Crippen LogP contribution < -0.4 is 9.64 Å². The highest BCUT2D eigenvalue weighted by Gasteiger charge is 2.36. The molecular formula is C26H25BrN2O6S. The number of aryl methyl sites for hydroxylation is 1. The number of carbonyl (C=O) groups excluding carboxylic acids is 2. The van der Waals surface area contributed by atoms with Crippen molar-refractivity contribution in [3.8, 4) is 5.75 Å². The topological polar surface area (TPSA) is 93.2 Å². The minimum atomic E-state index is -4.02. The first-order valence-corrected chi connectivity index (χ1v) is 13.4. The Kier molecular flexibility index (Phi) is 7.77. The van der Waals surface area contributed by atoms with E-state index < -0.39 is 34.5 Å². The lowest BCUT2D eigenvalue weighted by Crippen LogP contribution is -2.50. The molecule has 3 aromatic carbocycles. The van der Waals surface area contributed by atoms with Crippen LogP contribution in [0.4, 0.5) is 5.69 Å². The molecule has 188 valence electrons. The molecule has 36 heavy (non-hydrogen) atoms. The maximum absolute atomic E-state index is 13.6. The molecule has 0 radical (unpaired) electrons. The summed E-state index contributed by atoms with van der Waals surface area (Å²) in [6.07, 6.45) is -1.03. The fraction of sp³-hybridized carbons (Fsp3) is 0.231. The van der Waals surface area contributed by atoms with Crippen molar-refractivity contribution >= 4 is 43.5 Å². The van der Waals surface area contributed by atoms with Crippen molar-refractivity contribution in [2.45, 2.75) is 24.5 Å². The maximum Gasteiger partial charge on any atom is 0.348 e. The van der Waals surface area contributed by atoms with Crippen LogP contribution in [0.15, 0.2) is 82.2 Å². The molecule has 0 saturated carbocycles. The van der Waals surface area contributed by atoms with Gasteiger partial charge in [-0.2, -0.15) is 4.31 Å². The van der Waals surface area contributed by atoms with Crippen molar-refractivity contribution in [1.82, 2.24) is 4.31 Å². The Morgan fingerprint density at radius 3 is 2.39 bits per heavy atom. The number of ether oxygens (including phenoxy) is 2. The normalized spacial score (nSPS) is 15.2. The number of nitrogens with zero attached hydrogens (tertiary/aromatic N) is 2. The van der Waals surface area contributed by atoms with Gasteiger partial charge in [0.05, 0.1) is 30.8 Å². The van der Waals surface area contributed by atoms with Crippen LogP contribution in [0.1, 0.15) is 11.1 Å². The van der Waals surface area contributed by atoms with E-state index >= 15 is 0 Å². The minimum absolute atomic E-state index is 0.0123. The molecule has 0 aromatic heterocycles. The Hall–Kier alpha value is -3.21. The average Bonchev–Trinajstić information content (AvgIpc) is 2.88. The highest BCUT2D eigenvalue weighted by Crippen LogP contribution is 2.34. The highest BCUT2D eigenvalue weighted by molar-refractivity contribution is 9.10. The summed E-state index contributed by atoms with van der Waals surface area (Å²) in [4.78, 5) is 27.3. The van der Waals surface area contributed by atoms with Gasteiger partial charge >= 0.3 is 5.97 Å². The second-order valence-electron chi connectivity index (χ2n) is 8.31. The molecule has 0 N–H and O–H groups in total. The first-order valence-electron chi connectivity index (χ1n) is 11.1. The molecule has 10 heteroatoms. The Balaban J connectivity index is 1.68. The highest BCUT2D eigenvalue weighted by atomic mass is 79.9. The number of hydrogen-bond donors (Lipinski definition) is 0. The Labute approximate surface area is 218 Å². The summed E-state index contributed by atoms with van der Waals surface area (Å²) in [5.74, 6) is -0.776. The van der Waals surface area contributed by atoms with E-state index in [2.05, 4.69) is 15.9 Å². The number of amides is 1. The van der Waals surface area contributed by atoms with Crippen LogP contribution in [-0.2, 0) is 30.9 Å². The van der Waals surface area contributed by atoms with Gasteiger partial charge in [0.25, 0.3) is 0 Å². The number of benzene rings is 3. The standard InChI is InChI=1S/C26H25BrN2O6S/c1-18-7-13-21(14-8-18)36(32,33)28(15-19-9-11-20(27)12-10-19)17-25(30)29-16-24(26(31)34-2)35-23-6-4-3-5-22(23)29/h3-14,24H,15-17H2,1-2H3/t24-/m0/s1. The van der Waals surface area contributed by atoms with Crippen molar-refractivity contribution in [2.24, 2.45) is 0 Å². The second kappa shape index (κ2) is 10.8. The van der Waals surface area contributed by atoms with E-state index in [-0.39, 0.29) is 18.0 Å². The molecular weight excluding hydrogens is 548 g/mol. The van der Waals surface area contributed by atoms with E-state index in [9.17, 15) is 18.0 Å². The number of carbonyl (C=O) groups is 2. The third-order valence-corrected chi connectivity index (χ3v) is 8.12. The van der Waals surface area contributed by atoms with Gasteiger partial charge < -0.3 is 14.4 Å². The summed E-state index contributed by atoms with van der Waals surface area (Å²) in [5, 5.41) is 0. The molecule has 1 amide bonds. The zero-order valence-electron chi connectivity index (χ0n) is 19.8. The molecule has 0 spiro atoms. The van der Waals surface area contributed by atoms with E-state index in [1.807, 2.05) is 19.1 Å². The maximum atomic E-state index is 13.6. The number of methoxy groups -OCH3 is 1. The van der Waals surface area contributed by atoms with E-state index in [0.717, 1.165) is 19.9 Å². The van der Waals surface area contributed by atoms with Crippen LogP contribution in [0, 0.1) is 6.92 Å². The number of fused-ring (bicyclic) bond motifs is 1. The predicted molar refractivity (Wildman–Crippen MR) is 138 cm³/mol. The van der Waals surface area contributed by atoms with Crippen LogP contribution in [0.5, 0.6) is 5.75 Å². The quantitative estimate of drug-likeness (QED) is 0.398. The molecule has 3 aromatic rings. The van der Waals surface area contributed by atoms with Gasteiger partial charge in [-0.1, -0.05) is 57.9 Å². The number of esters is 1. The van der Waals surface area contributed by atoms with E-state index in [1.165, 1.54) is 24.1 Å². The molecule has 0 bridgehead atoms. The summed E-state index contributed by atoms with van der Waals surface area (Å²) in [5.41, 5.74) is 2.10. The molecule has 1 heterocycles. The summed E-state index contributed by atoms with van der Waals surface area (Å²) in [6, 6.07) is 20.5. The average molecular weight is 573 g/mol. The third kappa shape index (κ3) is 5.61. The van der Waals surface area contributed by atoms with Gasteiger partial charge in [0.2, 0.25) is 22.0 Å². The van der Waals surface area contributed by atoms with E-state index in [1.54, 1.807) is 48.5 Å². The number of rotatable bonds is 7. The van der Waals surface area contributed by atoms with Crippen LogP contribution in [-0.4, -0.2) is 50.9 Å². The number of para-hydroxylation sites is 2. The van der Waals surface area contributed by atoms with Crippen LogP contribution in [0.2, 0.25) is 0 Å².